The van der Waals surface area contributed by atoms with E-state index in [9.17, 15) is 8.78 Å². The third-order valence-corrected chi connectivity index (χ3v) is 3.16. The van der Waals surface area contributed by atoms with Crippen LogP contribution in [0.5, 0.6) is 0 Å². The average molecular weight is 265 g/mol. The fraction of sp³-hybridized carbons (Fsp3) is 0.357. The molecule has 0 aliphatic rings. The number of nitrogens with zero attached hydrogens (tertiary/aromatic N) is 2. The smallest absolute Gasteiger partial charge is 0.129 e. The average Bonchev–Trinajstić information content (AvgIpc) is 2.74. The van der Waals surface area contributed by atoms with Crippen LogP contribution in [0.1, 0.15) is 29.9 Å². The van der Waals surface area contributed by atoms with Crippen molar-refractivity contribution >= 4 is 0 Å². The maximum Gasteiger partial charge on any atom is 0.129 e. The summed E-state index contributed by atoms with van der Waals surface area (Å²) in [5.74, 6) is -1.14. The molecular weight excluding hydrogens is 248 g/mol. The van der Waals surface area contributed by atoms with Gasteiger partial charge in [-0.2, -0.15) is 5.10 Å². The molecule has 0 amide bonds. The zero-order chi connectivity index (χ0) is 14.0. The minimum atomic E-state index is -0.580. The lowest BCUT2D eigenvalue weighted by molar-refractivity contribution is 0.553. The first-order chi connectivity index (χ1) is 9.01. The Morgan fingerprint density at radius 3 is 2.63 bits per heavy atom. The Morgan fingerprint density at radius 2 is 2.05 bits per heavy atom. The molecule has 0 bridgehead atoms. The Bertz CT molecular complexity index is 578. The molecule has 0 aliphatic heterocycles. The van der Waals surface area contributed by atoms with E-state index in [2.05, 4.69) is 5.10 Å². The topological polar surface area (TPSA) is 43.8 Å². The van der Waals surface area contributed by atoms with Crippen molar-refractivity contribution in [3.63, 3.8) is 0 Å². The fourth-order valence-corrected chi connectivity index (χ4v) is 2.09. The van der Waals surface area contributed by atoms with Crippen LogP contribution in [-0.4, -0.2) is 9.78 Å². The highest BCUT2D eigenvalue weighted by Gasteiger charge is 2.15. The van der Waals surface area contributed by atoms with Crippen LogP contribution in [0.15, 0.2) is 24.3 Å². The van der Waals surface area contributed by atoms with Crippen LogP contribution in [0.2, 0.25) is 0 Å². The van der Waals surface area contributed by atoms with Gasteiger partial charge < -0.3 is 5.73 Å². The lowest BCUT2D eigenvalue weighted by atomic mass is 10.0. The predicted octanol–water partition coefficient (Wildman–Crippen LogP) is 2.50. The molecule has 2 rings (SSSR count). The van der Waals surface area contributed by atoms with Crippen molar-refractivity contribution in [3.05, 3.63) is 52.9 Å². The molecule has 2 aromatic rings. The molecular formula is C14H17F2N3. The van der Waals surface area contributed by atoms with Crippen LogP contribution < -0.4 is 5.73 Å². The number of aromatic nitrogens is 2. The van der Waals surface area contributed by atoms with Gasteiger partial charge in [-0.3, -0.25) is 4.68 Å². The number of benzene rings is 1. The quantitative estimate of drug-likeness (QED) is 0.923. The Labute approximate surface area is 111 Å². The minimum absolute atomic E-state index is 0.314. The van der Waals surface area contributed by atoms with Gasteiger partial charge in [-0.05, 0) is 30.5 Å². The molecule has 102 valence electrons. The van der Waals surface area contributed by atoms with Crippen LogP contribution >= 0.6 is 0 Å². The van der Waals surface area contributed by atoms with Crippen molar-refractivity contribution < 1.29 is 8.78 Å². The molecule has 1 heterocycles. The first kappa shape index (κ1) is 13.7. The third kappa shape index (κ3) is 2.98. The van der Waals surface area contributed by atoms with Crippen molar-refractivity contribution in [3.8, 4) is 0 Å². The van der Waals surface area contributed by atoms with Crippen LogP contribution in [0, 0.1) is 11.6 Å². The van der Waals surface area contributed by atoms with Crippen LogP contribution in [0.4, 0.5) is 8.78 Å². The lowest BCUT2D eigenvalue weighted by Gasteiger charge is -2.12. The lowest BCUT2D eigenvalue weighted by Crippen LogP contribution is -2.17. The second-order valence-corrected chi connectivity index (χ2v) is 4.58. The first-order valence-corrected chi connectivity index (χ1v) is 6.23. The van der Waals surface area contributed by atoms with Gasteiger partial charge in [0, 0.05) is 13.1 Å². The number of aryl methyl sites for hydroxylation is 2. The van der Waals surface area contributed by atoms with Gasteiger partial charge in [-0.1, -0.05) is 13.0 Å². The van der Waals surface area contributed by atoms with Gasteiger partial charge in [0.1, 0.15) is 11.6 Å². The molecule has 1 atom stereocenters. The summed E-state index contributed by atoms with van der Waals surface area (Å²) in [5, 5.41) is 4.31. The molecule has 1 aromatic heterocycles. The van der Waals surface area contributed by atoms with Crippen molar-refractivity contribution in [1.29, 1.82) is 0 Å². The van der Waals surface area contributed by atoms with Gasteiger partial charge in [0.05, 0.1) is 17.4 Å². The number of hydrogen-bond donors (Lipinski definition) is 1. The first-order valence-electron chi connectivity index (χ1n) is 6.23. The molecule has 3 nitrogen and oxygen atoms in total. The maximum atomic E-state index is 13.6. The number of nitrogens with two attached hydrogens (primary N) is 1. The monoisotopic (exact) mass is 265 g/mol. The summed E-state index contributed by atoms with van der Waals surface area (Å²) in [7, 11) is 1.81. The molecule has 0 aliphatic carbocycles. The van der Waals surface area contributed by atoms with E-state index < -0.39 is 11.6 Å². The highest BCUT2D eigenvalue weighted by atomic mass is 19.1. The van der Waals surface area contributed by atoms with E-state index >= 15 is 0 Å². The second kappa shape index (κ2) is 5.48. The Morgan fingerprint density at radius 1 is 1.32 bits per heavy atom. The largest absolute Gasteiger partial charge is 0.322 e. The molecule has 0 radical (unpaired) electrons. The van der Waals surface area contributed by atoms with E-state index in [1.807, 2.05) is 20.0 Å². The highest BCUT2D eigenvalue weighted by molar-refractivity contribution is 5.22. The van der Waals surface area contributed by atoms with E-state index in [4.69, 9.17) is 5.73 Å². The summed E-state index contributed by atoms with van der Waals surface area (Å²) >= 11 is 0. The van der Waals surface area contributed by atoms with Gasteiger partial charge in [-0.15, -0.1) is 0 Å². The number of halogens is 2. The van der Waals surface area contributed by atoms with E-state index in [1.165, 1.54) is 12.1 Å². The highest BCUT2D eigenvalue weighted by Crippen LogP contribution is 2.19. The van der Waals surface area contributed by atoms with Gasteiger partial charge >= 0.3 is 0 Å². The summed E-state index contributed by atoms with van der Waals surface area (Å²) < 4.78 is 28.1. The standard InChI is InChI=1S/C14H17F2N3/c1-3-11-8-14(19(2)18-11)13(17)6-9-4-5-10(15)7-12(9)16/h4-5,7-8,13H,3,6,17H2,1-2H3. The van der Waals surface area contributed by atoms with E-state index in [1.54, 1.807) is 4.68 Å². The van der Waals surface area contributed by atoms with Crippen LogP contribution in [0.3, 0.4) is 0 Å². The summed E-state index contributed by atoms with van der Waals surface area (Å²) in [4.78, 5) is 0. The van der Waals surface area contributed by atoms with E-state index in [-0.39, 0.29) is 6.04 Å². The summed E-state index contributed by atoms with van der Waals surface area (Å²) in [6, 6.07) is 5.11. The molecule has 1 unspecified atom stereocenters. The molecule has 0 saturated heterocycles. The van der Waals surface area contributed by atoms with Crippen molar-refractivity contribution in [2.24, 2.45) is 12.8 Å². The molecule has 0 spiro atoms. The predicted molar refractivity (Wildman–Crippen MR) is 69.6 cm³/mol. The Kier molecular flexibility index (Phi) is 3.95. The van der Waals surface area contributed by atoms with Crippen molar-refractivity contribution in [2.75, 3.05) is 0 Å². The van der Waals surface area contributed by atoms with Crippen molar-refractivity contribution in [2.45, 2.75) is 25.8 Å². The SMILES string of the molecule is CCc1cc(C(N)Cc2ccc(F)cc2F)n(C)n1. The molecule has 5 heteroatoms. The van der Waals surface area contributed by atoms with Gasteiger partial charge in [-0.25, -0.2) is 8.78 Å². The maximum absolute atomic E-state index is 13.6. The van der Waals surface area contributed by atoms with Crippen LogP contribution in [-0.2, 0) is 19.9 Å². The summed E-state index contributed by atoms with van der Waals surface area (Å²) in [5.41, 5.74) is 8.29. The third-order valence-electron chi connectivity index (χ3n) is 3.16. The normalized spacial score (nSPS) is 12.7. The summed E-state index contributed by atoms with van der Waals surface area (Å²) in [6.07, 6.45) is 1.14. The number of hydrogen-bond acceptors (Lipinski definition) is 2. The van der Waals surface area contributed by atoms with Crippen molar-refractivity contribution in [1.82, 2.24) is 9.78 Å². The van der Waals surface area contributed by atoms with Gasteiger partial charge in [0.25, 0.3) is 0 Å². The van der Waals surface area contributed by atoms with E-state index in [0.29, 0.717) is 12.0 Å². The molecule has 0 fully saturated rings. The molecule has 19 heavy (non-hydrogen) atoms. The Hall–Kier alpha value is -1.75. The summed E-state index contributed by atoms with van der Waals surface area (Å²) in [6.45, 7) is 2.01. The minimum Gasteiger partial charge on any atom is -0.322 e. The fourth-order valence-electron chi connectivity index (χ4n) is 2.09. The Balaban J connectivity index is 2.20. The molecule has 1 aromatic carbocycles. The van der Waals surface area contributed by atoms with Gasteiger partial charge in [0.15, 0.2) is 0 Å². The second-order valence-electron chi connectivity index (χ2n) is 4.58. The zero-order valence-electron chi connectivity index (χ0n) is 11.0. The zero-order valence-corrected chi connectivity index (χ0v) is 11.0. The van der Waals surface area contributed by atoms with Crippen LogP contribution in [0.25, 0.3) is 0 Å². The molecule has 2 N–H and O–H groups in total. The van der Waals surface area contributed by atoms with Gasteiger partial charge in [0.2, 0.25) is 0 Å². The van der Waals surface area contributed by atoms with E-state index in [0.717, 1.165) is 23.9 Å². The number of rotatable bonds is 4. The molecule has 0 saturated carbocycles.